The van der Waals surface area contributed by atoms with Crippen molar-refractivity contribution in [3.8, 4) is 67.5 Å². The van der Waals surface area contributed by atoms with Gasteiger partial charge in [-0.2, -0.15) is 0 Å². The Morgan fingerprint density at radius 2 is 0.800 bits per heavy atom. The Balaban J connectivity index is 1.10. The first kappa shape index (κ1) is 34.8. The fourth-order valence-corrected chi connectivity index (χ4v) is 8.39. The van der Waals surface area contributed by atoms with Gasteiger partial charge in [0, 0.05) is 51.0 Å². The summed E-state index contributed by atoms with van der Waals surface area (Å²) in [5.41, 5.74) is 11.6. The predicted molar refractivity (Wildman–Crippen MR) is 244 cm³/mol. The van der Waals surface area contributed by atoms with Crippen LogP contribution in [0.2, 0.25) is 0 Å². The highest BCUT2D eigenvalue weighted by atomic mass is 15.0. The van der Waals surface area contributed by atoms with E-state index in [9.17, 15) is 0 Å². The maximum Gasteiger partial charge on any atom is 0.187 e. The molecular formula is C54H32N6. The largest absolute Gasteiger partial charge is 0.256 e. The topological polar surface area (TPSA) is 68.8 Å². The van der Waals surface area contributed by atoms with Crippen LogP contribution >= 0.6 is 0 Å². The van der Waals surface area contributed by atoms with Gasteiger partial charge in [0.15, 0.2) is 23.2 Å². The molecule has 0 amide bonds. The highest BCUT2D eigenvalue weighted by Gasteiger charge is 2.19. The summed E-state index contributed by atoms with van der Waals surface area (Å²) in [6, 6.07) is 62.2. The molecule has 278 valence electrons. The minimum absolute atomic E-state index is 0.598. The van der Waals surface area contributed by atoms with Crippen molar-refractivity contribution in [2.24, 2.45) is 0 Å². The van der Waals surface area contributed by atoms with Crippen LogP contribution < -0.4 is 0 Å². The number of pyridine rings is 2. The molecule has 0 aliphatic carbocycles. The summed E-state index contributed by atoms with van der Waals surface area (Å²) in [4.78, 5) is 28.6. The molecular weight excluding hydrogens is 733 g/mol. The van der Waals surface area contributed by atoms with Gasteiger partial charge in [0.2, 0.25) is 0 Å². The summed E-state index contributed by atoms with van der Waals surface area (Å²) in [5, 5.41) is 6.60. The van der Waals surface area contributed by atoms with E-state index in [0.29, 0.717) is 23.2 Å². The predicted octanol–water partition coefficient (Wildman–Crippen LogP) is 13.8. The zero-order valence-electron chi connectivity index (χ0n) is 32.2. The van der Waals surface area contributed by atoms with Crippen LogP contribution in [0.4, 0.5) is 5.69 Å². The van der Waals surface area contributed by atoms with Crippen molar-refractivity contribution >= 4 is 49.0 Å². The van der Waals surface area contributed by atoms with Crippen LogP contribution in [-0.4, -0.2) is 24.9 Å². The molecule has 11 aromatic rings. The summed E-state index contributed by atoms with van der Waals surface area (Å²) >= 11 is 0. The molecule has 60 heavy (non-hydrogen) atoms. The Kier molecular flexibility index (Phi) is 8.42. The van der Waals surface area contributed by atoms with Crippen LogP contribution in [0.3, 0.4) is 0 Å². The van der Waals surface area contributed by atoms with E-state index < -0.39 is 0 Å². The Bertz CT molecular complexity index is 3430. The molecule has 0 N–H and O–H groups in total. The Hall–Kier alpha value is -8.40. The molecule has 0 bridgehead atoms. The molecule has 0 unspecified atom stereocenters. The van der Waals surface area contributed by atoms with Gasteiger partial charge in [0.25, 0.3) is 0 Å². The SMILES string of the molecule is [C-]#[N+]c1ccc(-c2ccc(-c3cc4c5cccnc5c(-c5cccc(-c6nc(-c7ccccc7)nc(-c7ccccc7)n6)c5)cc4c4cccnc34)c3ccccc23)cc1. The second-order valence-electron chi connectivity index (χ2n) is 14.7. The molecule has 0 aliphatic heterocycles. The van der Waals surface area contributed by atoms with Crippen molar-refractivity contribution in [2.45, 2.75) is 0 Å². The smallest absolute Gasteiger partial charge is 0.187 e. The normalized spacial score (nSPS) is 11.3. The molecule has 8 aromatic carbocycles. The second kappa shape index (κ2) is 14.5. The lowest BCUT2D eigenvalue weighted by atomic mass is 9.88. The van der Waals surface area contributed by atoms with Gasteiger partial charge >= 0.3 is 0 Å². The number of benzene rings is 8. The summed E-state index contributed by atoms with van der Waals surface area (Å²) in [6.07, 6.45) is 3.74. The fourth-order valence-electron chi connectivity index (χ4n) is 8.39. The van der Waals surface area contributed by atoms with Crippen molar-refractivity contribution < 1.29 is 0 Å². The maximum atomic E-state index is 7.42. The van der Waals surface area contributed by atoms with E-state index in [4.69, 9.17) is 31.5 Å². The van der Waals surface area contributed by atoms with Gasteiger partial charge in [-0.1, -0.05) is 152 Å². The highest BCUT2D eigenvalue weighted by Crippen LogP contribution is 2.44. The van der Waals surface area contributed by atoms with Crippen molar-refractivity contribution in [1.82, 2.24) is 24.9 Å². The lowest BCUT2D eigenvalue weighted by Gasteiger charge is -2.17. The molecule has 0 saturated carbocycles. The fraction of sp³-hybridized carbons (Fsp3) is 0. The van der Waals surface area contributed by atoms with Gasteiger partial charge in [0.05, 0.1) is 17.6 Å². The Morgan fingerprint density at radius 3 is 1.42 bits per heavy atom. The Labute approximate surface area is 346 Å². The minimum atomic E-state index is 0.598. The molecule has 0 saturated heterocycles. The lowest BCUT2D eigenvalue weighted by Crippen LogP contribution is -2.00. The van der Waals surface area contributed by atoms with Crippen molar-refractivity contribution in [3.63, 3.8) is 0 Å². The molecule has 0 spiro atoms. The van der Waals surface area contributed by atoms with Crippen molar-refractivity contribution in [3.05, 3.63) is 206 Å². The number of nitrogens with zero attached hydrogens (tertiary/aromatic N) is 6. The third kappa shape index (κ3) is 6.01. The van der Waals surface area contributed by atoms with Gasteiger partial charge < -0.3 is 0 Å². The van der Waals surface area contributed by atoms with E-state index in [0.717, 1.165) is 93.4 Å². The van der Waals surface area contributed by atoms with Crippen LogP contribution in [0.15, 0.2) is 194 Å². The highest BCUT2D eigenvalue weighted by molar-refractivity contribution is 6.23. The van der Waals surface area contributed by atoms with Gasteiger partial charge in [-0.25, -0.2) is 19.8 Å². The van der Waals surface area contributed by atoms with Gasteiger partial charge in [-0.3, -0.25) is 9.97 Å². The maximum absolute atomic E-state index is 7.42. The van der Waals surface area contributed by atoms with Crippen LogP contribution in [-0.2, 0) is 0 Å². The summed E-state index contributed by atoms with van der Waals surface area (Å²) in [7, 11) is 0. The second-order valence-corrected chi connectivity index (χ2v) is 14.7. The van der Waals surface area contributed by atoms with Crippen LogP contribution in [0.1, 0.15) is 0 Å². The van der Waals surface area contributed by atoms with Crippen LogP contribution in [0, 0.1) is 6.57 Å². The van der Waals surface area contributed by atoms with Gasteiger partial charge in [-0.05, 0) is 74.1 Å². The Morgan fingerprint density at radius 1 is 0.317 bits per heavy atom. The first-order valence-electron chi connectivity index (χ1n) is 19.8. The van der Waals surface area contributed by atoms with E-state index in [1.807, 2.05) is 109 Å². The number of aromatic nitrogens is 5. The number of hydrogen-bond acceptors (Lipinski definition) is 5. The summed E-state index contributed by atoms with van der Waals surface area (Å²) < 4.78 is 0. The number of fused-ring (bicyclic) bond motifs is 6. The lowest BCUT2D eigenvalue weighted by molar-refractivity contribution is 1.07. The molecule has 11 rings (SSSR count). The van der Waals surface area contributed by atoms with E-state index in [2.05, 4.69) is 89.8 Å². The molecule has 3 aromatic heterocycles. The average molecular weight is 765 g/mol. The molecule has 6 nitrogen and oxygen atoms in total. The minimum Gasteiger partial charge on any atom is -0.256 e. The van der Waals surface area contributed by atoms with Crippen molar-refractivity contribution in [1.29, 1.82) is 0 Å². The zero-order valence-corrected chi connectivity index (χ0v) is 32.2. The summed E-state index contributed by atoms with van der Waals surface area (Å²) in [5.74, 6) is 1.84. The van der Waals surface area contributed by atoms with E-state index in [-0.39, 0.29) is 0 Å². The molecule has 0 atom stereocenters. The standard InChI is InChI=1S/C54H32N6/c1-55-39-25-23-34(24-26-39)40-27-28-43(42-20-9-8-19-41(40)42)49-33-48-44-21-11-29-56-50(44)46(32-47(48)45-22-12-30-57-51(45)49)37-17-10-18-38(31-37)54-59-52(35-13-4-2-5-14-35)58-53(60-54)36-15-6-3-7-16-36/h2-33H. The van der Waals surface area contributed by atoms with E-state index in [1.54, 1.807) is 0 Å². The van der Waals surface area contributed by atoms with Crippen LogP contribution in [0.5, 0.6) is 0 Å². The first-order valence-corrected chi connectivity index (χ1v) is 19.8. The van der Waals surface area contributed by atoms with Gasteiger partial charge in [0.1, 0.15) is 0 Å². The number of hydrogen-bond donors (Lipinski definition) is 0. The zero-order chi connectivity index (χ0) is 40.0. The van der Waals surface area contributed by atoms with E-state index >= 15 is 0 Å². The number of rotatable bonds is 6. The summed E-state index contributed by atoms with van der Waals surface area (Å²) in [6.45, 7) is 7.42. The quantitative estimate of drug-likeness (QED) is 0.125. The molecule has 0 fully saturated rings. The third-order valence-corrected chi connectivity index (χ3v) is 11.2. The van der Waals surface area contributed by atoms with Gasteiger partial charge in [-0.15, -0.1) is 0 Å². The van der Waals surface area contributed by atoms with E-state index in [1.165, 1.54) is 0 Å². The monoisotopic (exact) mass is 764 g/mol. The third-order valence-electron chi connectivity index (χ3n) is 11.2. The molecule has 0 aliphatic rings. The molecule has 3 heterocycles. The first-order chi connectivity index (χ1) is 29.7. The molecule has 6 heteroatoms. The van der Waals surface area contributed by atoms with Crippen LogP contribution in [0.25, 0.3) is 116 Å². The average Bonchev–Trinajstić information content (AvgIpc) is 3.33. The molecule has 0 radical (unpaired) electrons. The van der Waals surface area contributed by atoms with Crippen molar-refractivity contribution in [2.75, 3.05) is 0 Å².